The van der Waals surface area contributed by atoms with Gasteiger partial charge in [-0.15, -0.1) is 0 Å². The van der Waals surface area contributed by atoms with E-state index in [2.05, 4.69) is 22.5 Å². The SMILES string of the molecule is CCCN(CC(=O)NC)c1cncc(NCC)c1. The number of nitrogens with zero attached hydrogens (tertiary/aromatic N) is 2. The van der Waals surface area contributed by atoms with E-state index in [-0.39, 0.29) is 5.91 Å². The molecule has 0 spiro atoms. The maximum Gasteiger partial charge on any atom is 0.239 e. The number of likely N-dealkylation sites (N-methyl/N-ethyl adjacent to an activating group) is 1. The number of carbonyl (C=O) groups is 1. The number of carbonyl (C=O) groups excluding carboxylic acids is 1. The van der Waals surface area contributed by atoms with Gasteiger partial charge in [0.1, 0.15) is 0 Å². The van der Waals surface area contributed by atoms with Crippen LogP contribution in [0.5, 0.6) is 0 Å². The first-order valence-corrected chi connectivity index (χ1v) is 6.35. The third-order valence-electron chi connectivity index (χ3n) is 2.58. The summed E-state index contributed by atoms with van der Waals surface area (Å²) in [4.78, 5) is 17.7. The molecular formula is C13H22N4O. The number of aromatic nitrogens is 1. The third kappa shape index (κ3) is 4.24. The van der Waals surface area contributed by atoms with Crippen LogP contribution in [0.15, 0.2) is 18.5 Å². The molecule has 0 radical (unpaired) electrons. The van der Waals surface area contributed by atoms with Crippen molar-refractivity contribution in [2.45, 2.75) is 20.3 Å². The molecule has 5 heteroatoms. The van der Waals surface area contributed by atoms with Crippen molar-refractivity contribution in [3.8, 4) is 0 Å². The number of pyridine rings is 1. The van der Waals surface area contributed by atoms with E-state index in [1.807, 2.05) is 17.9 Å². The van der Waals surface area contributed by atoms with Gasteiger partial charge in [-0.3, -0.25) is 9.78 Å². The number of hydrogen-bond acceptors (Lipinski definition) is 4. The third-order valence-corrected chi connectivity index (χ3v) is 2.58. The first-order valence-electron chi connectivity index (χ1n) is 6.35. The quantitative estimate of drug-likeness (QED) is 0.769. The van der Waals surface area contributed by atoms with Crippen molar-refractivity contribution < 1.29 is 4.79 Å². The Hall–Kier alpha value is -1.78. The van der Waals surface area contributed by atoms with Crippen LogP contribution in [0.2, 0.25) is 0 Å². The molecule has 100 valence electrons. The van der Waals surface area contributed by atoms with Gasteiger partial charge in [-0.25, -0.2) is 0 Å². The molecule has 1 heterocycles. The molecule has 0 unspecified atom stereocenters. The predicted octanol–water partition coefficient (Wildman–Crippen LogP) is 1.48. The minimum absolute atomic E-state index is 0.0114. The lowest BCUT2D eigenvalue weighted by atomic mass is 10.3. The van der Waals surface area contributed by atoms with Gasteiger partial charge in [0.05, 0.1) is 30.3 Å². The fourth-order valence-corrected chi connectivity index (χ4v) is 1.72. The number of rotatable bonds is 7. The van der Waals surface area contributed by atoms with Crippen LogP contribution in [0.3, 0.4) is 0 Å². The van der Waals surface area contributed by atoms with E-state index >= 15 is 0 Å². The average Bonchev–Trinajstić information content (AvgIpc) is 2.39. The van der Waals surface area contributed by atoms with Crippen LogP contribution in [-0.4, -0.2) is 37.6 Å². The Labute approximate surface area is 109 Å². The Kier molecular flexibility index (Phi) is 5.97. The lowest BCUT2D eigenvalue weighted by Gasteiger charge is -2.23. The van der Waals surface area contributed by atoms with E-state index < -0.39 is 0 Å². The molecule has 0 aromatic carbocycles. The topological polar surface area (TPSA) is 57.3 Å². The normalized spacial score (nSPS) is 9.94. The van der Waals surface area contributed by atoms with Crippen LogP contribution < -0.4 is 15.5 Å². The summed E-state index contributed by atoms with van der Waals surface area (Å²) in [6, 6.07) is 2.02. The second kappa shape index (κ2) is 7.53. The van der Waals surface area contributed by atoms with Crippen LogP contribution in [-0.2, 0) is 4.79 Å². The molecule has 2 N–H and O–H groups in total. The lowest BCUT2D eigenvalue weighted by molar-refractivity contribution is -0.119. The lowest BCUT2D eigenvalue weighted by Crippen LogP contribution is -2.36. The summed E-state index contributed by atoms with van der Waals surface area (Å²) >= 11 is 0. The molecule has 0 fully saturated rings. The van der Waals surface area contributed by atoms with Crippen molar-refractivity contribution in [3.05, 3.63) is 18.5 Å². The van der Waals surface area contributed by atoms with Crippen molar-refractivity contribution in [1.29, 1.82) is 0 Å². The Morgan fingerprint density at radius 3 is 2.78 bits per heavy atom. The maximum atomic E-state index is 11.5. The zero-order valence-electron chi connectivity index (χ0n) is 11.4. The fourth-order valence-electron chi connectivity index (χ4n) is 1.72. The van der Waals surface area contributed by atoms with Gasteiger partial charge < -0.3 is 15.5 Å². The molecule has 0 bridgehead atoms. The molecular weight excluding hydrogens is 228 g/mol. The first kappa shape index (κ1) is 14.3. The zero-order valence-corrected chi connectivity index (χ0v) is 11.4. The van der Waals surface area contributed by atoms with E-state index in [1.165, 1.54) is 0 Å². The van der Waals surface area contributed by atoms with E-state index in [9.17, 15) is 4.79 Å². The standard InChI is InChI=1S/C13H22N4O/c1-4-6-17(10-13(18)14-3)12-7-11(16-5-2)8-15-9-12/h7-9,16H,4-6,10H2,1-3H3,(H,14,18). The molecule has 0 aliphatic heterocycles. The van der Waals surface area contributed by atoms with Gasteiger partial charge in [0.15, 0.2) is 0 Å². The molecule has 0 atom stereocenters. The summed E-state index contributed by atoms with van der Waals surface area (Å²) in [5.74, 6) is 0.0114. The van der Waals surface area contributed by atoms with E-state index in [4.69, 9.17) is 0 Å². The van der Waals surface area contributed by atoms with Crippen molar-refractivity contribution >= 4 is 17.3 Å². The Bertz CT molecular complexity index is 381. The average molecular weight is 250 g/mol. The van der Waals surface area contributed by atoms with E-state index in [0.29, 0.717) is 6.54 Å². The second-order valence-corrected chi connectivity index (χ2v) is 4.06. The first-order chi connectivity index (χ1) is 8.71. The minimum atomic E-state index is 0.0114. The highest BCUT2D eigenvalue weighted by atomic mass is 16.1. The summed E-state index contributed by atoms with van der Waals surface area (Å²) in [6.45, 7) is 6.19. The molecule has 18 heavy (non-hydrogen) atoms. The van der Waals surface area contributed by atoms with Crippen LogP contribution in [0.25, 0.3) is 0 Å². The van der Waals surface area contributed by atoms with Gasteiger partial charge in [0.25, 0.3) is 0 Å². The predicted molar refractivity (Wildman–Crippen MR) is 75.0 cm³/mol. The van der Waals surface area contributed by atoms with Crippen molar-refractivity contribution in [1.82, 2.24) is 10.3 Å². The second-order valence-electron chi connectivity index (χ2n) is 4.06. The number of amides is 1. The van der Waals surface area contributed by atoms with Gasteiger partial charge in [0, 0.05) is 20.1 Å². The summed E-state index contributed by atoms with van der Waals surface area (Å²) in [5, 5.41) is 5.87. The highest BCUT2D eigenvalue weighted by Gasteiger charge is 2.10. The van der Waals surface area contributed by atoms with Crippen LogP contribution in [0.4, 0.5) is 11.4 Å². The Balaban J connectivity index is 2.83. The highest BCUT2D eigenvalue weighted by Crippen LogP contribution is 2.17. The summed E-state index contributed by atoms with van der Waals surface area (Å²) in [5.41, 5.74) is 1.95. The Morgan fingerprint density at radius 1 is 1.39 bits per heavy atom. The molecule has 1 amide bonds. The highest BCUT2D eigenvalue weighted by molar-refractivity contribution is 5.81. The van der Waals surface area contributed by atoms with Crippen molar-refractivity contribution in [2.75, 3.05) is 36.9 Å². The fraction of sp³-hybridized carbons (Fsp3) is 0.538. The molecule has 5 nitrogen and oxygen atoms in total. The van der Waals surface area contributed by atoms with Gasteiger partial charge in [0.2, 0.25) is 5.91 Å². The molecule has 1 aromatic heterocycles. The summed E-state index contributed by atoms with van der Waals surface area (Å²) in [7, 11) is 1.65. The van der Waals surface area contributed by atoms with Gasteiger partial charge in [-0.05, 0) is 19.4 Å². The smallest absolute Gasteiger partial charge is 0.239 e. The van der Waals surface area contributed by atoms with Crippen LogP contribution >= 0.6 is 0 Å². The number of nitrogens with one attached hydrogen (secondary N) is 2. The Morgan fingerprint density at radius 2 is 2.17 bits per heavy atom. The number of hydrogen-bond donors (Lipinski definition) is 2. The zero-order chi connectivity index (χ0) is 13.4. The van der Waals surface area contributed by atoms with Crippen molar-refractivity contribution in [3.63, 3.8) is 0 Å². The van der Waals surface area contributed by atoms with E-state index in [1.54, 1.807) is 19.4 Å². The van der Waals surface area contributed by atoms with Crippen LogP contribution in [0.1, 0.15) is 20.3 Å². The minimum Gasteiger partial charge on any atom is -0.384 e. The molecule has 0 aliphatic carbocycles. The molecule has 0 saturated carbocycles. The van der Waals surface area contributed by atoms with Gasteiger partial charge >= 0.3 is 0 Å². The molecule has 1 aromatic rings. The van der Waals surface area contributed by atoms with Gasteiger partial charge in [-0.1, -0.05) is 6.92 Å². The monoisotopic (exact) mass is 250 g/mol. The largest absolute Gasteiger partial charge is 0.384 e. The number of anilines is 2. The van der Waals surface area contributed by atoms with Crippen molar-refractivity contribution in [2.24, 2.45) is 0 Å². The summed E-state index contributed by atoms with van der Waals surface area (Å²) in [6.07, 6.45) is 4.57. The maximum absolute atomic E-state index is 11.5. The van der Waals surface area contributed by atoms with Gasteiger partial charge in [-0.2, -0.15) is 0 Å². The van der Waals surface area contributed by atoms with Crippen LogP contribution in [0, 0.1) is 0 Å². The molecule has 0 aliphatic rings. The molecule has 1 rings (SSSR count). The summed E-state index contributed by atoms with van der Waals surface area (Å²) < 4.78 is 0. The van der Waals surface area contributed by atoms with E-state index in [0.717, 1.165) is 30.9 Å². The molecule has 0 saturated heterocycles.